The number of carbonyl (C=O) groups is 1. The van der Waals surface area contributed by atoms with Gasteiger partial charge in [-0.15, -0.1) is 0 Å². The van der Waals surface area contributed by atoms with Crippen LogP contribution >= 0.6 is 11.6 Å². The minimum atomic E-state index is -0.815. The van der Waals surface area contributed by atoms with Crippen molar-refractivity contribution < 1.29 is 19.4 Å². The Balaban J connectivity index is 1.75. The largest absolute Gasteiger partial charge is 0.491 e. The smallest absolute Gasteiger partial charge is 0.260 e. The molecule has 0 aliphatic rings. The van der Waals surface area contributed by atoms with Gasteiger partial charge in [0.2, 0.25) is 0 Å². The average molecular weight is 378 g/mol. The third-order valence-electron chi connectivity index (χ3n) is 3.76. The first kappa shape index (κ1) is 20.1. The highest BCUT2D eigenvalue weighted by molar-refractivity contribution is 6.31. The summed E-state index contributed by atoms with van der Waals surface area (Å²) in [7, 11) is 0. The van der Waals surface area contributed by atoms with E-state index in [0.29, 0.717) is 16.5 Å². The van der Waals surface area contributed by atoms with Gasteiger partial charge in [0.1, 0.15) is 24.2 Å². The second-order valence-electron chi connectivity index (χ2n) is 6.20. The molecule has 0 aliphatic carbocycles. The van der Waals surface area contributed by atoms with Gasteiger partial charge in [-0.05, 0) is 62.2 Å². The Kier molecular flexibility index (Phi) is 7.30. The minimum absolute atomic E-state index is 0.0813. The first-order chi connectivity index (χ1) is 12.3. The molecule has 1 amide bonds. The second-order valence-corrected chi connectivity index (χ2v) is 6.60. The van der Waals surface area contributed by atoms with Gasteiger partial charge in [-0.25, -0.2) is 0 Å². The van der Waals surface area contributed by atoms with E-state index >= 15 is 0 Å². The van der Waals surface area contributed by atoms with Crippen LogP contribution < -0.4 is 14.8 Å². The summed E-state index contributed by atoms with van der Waals surface area (Å²) in [6, 6.07) is 12.8. The summed E-state index contributed by atoms with van der Waals surface area (Å²) in [6.45, 7) is 5.65. The summed E-state index contributed by atoms with van der Waals surface area (Å²) in [4.78, 5) is 12.1. The Labute approximate surface area is 158 Å². The molecule has 2 atom stereocenters. The van der Waals surface area contributed by atoms with Gasteiger partial charge >= 0.3 is 0 Å². The lowest BCUT2D eigenvalue weighted by molar-refractivity contribution is -0.127. The normalized spacial score (nSPS) is 13.0. The fourth-order valence-corrected chi connectivity index (χ4v) is 2.38. The minimum Gasteiger partial charge on any atom is -0.491 e. The lowest BCUT2D eigenvalue weighted by atomic mass is 10.2. The van der Waals surface area contributed by atoms with Crippen molar-refractivity contribution in [1.82, 2.24) is 5.32 Å². The lowest BCUT2D eigenvalue weighted by Crippen LogP contribution is -2.41. The number of carbonyl (C=O) groups excluding carboxylic acids is 1. The Morgan fingerprint density at radius 1 is 1.19 bits per heavy atom. The fraction of sp³-hybridized carbons (Fsp3) is 0.350. The number of hydrogen-bond acceptors (Lipinski definition) is 4. The molecular formula is C20H24ClNO4. The highest BCUT2D eigenvalue weighted by Crippen LogP contribution is 2.21. The molecule has 6 heteroatoms. The van der Waals surface area contributed by atoms with Crippen LogP contribution in [-0.2, 0) is 4.79 Å². The lowest BCUT2D eigenvalue weighted by Gasteiger charge is -2.17. The van der Waals surface area contributed by atoms with E-state index in [-0.39, 0.29) is 19.1 Å². The predicted molar refractivity (Wildman–Crippen MR) is 102 cm³/mol. The SMILES string of the molecule is Cc1cccc(OCC(O)CNC(=O)C(C)Oc2ccc(Cl)c(C)c2)c1. The number of aryl methyl sites for hydroxylation is 2. The first-order valence-corrected chi connectivity index (χ1v) is 8.81. The van der Waals surface area contributed by atoms with E-state index < -0.39 is 12.2 Å². The zero-order valence-corrected chi connectivity index (χ0v) is 15.9. The number of aliphatic hydroxyl groups excluding tert-OH is 1. The highest BCUT2D eigenvalue weighted by atomic mass is 35.5. The third kappa shape index (κ3) is 6.24. The van der Waals surface area contributed by atoms with Crippen molar-refractivity contribution in [1.29, 1.82) is 0 Å². The van der Waals surface area contributed by atoms with Crippen molar-refractivity contribution in [3.63, 3.8) is 0 Å². The Hall–Kier alpha value is -2.24. The van der Waals surface area contributed by atoms with Crippen molar-refractivity contribution in [2.75, 3.05) is 13.2 Å². The van der Waals surface area contributed by atoms with Gasteiger partial charge in [0.15, 0.2) is 6.10 Å². The molecule has 2 N–H and O–H groups in total. The molecule has 0 saturated heterocycles. The first-order valence-electron chi connectivity index (χ1n) is 8.43. The third-order valence-corrected chi connectivity index (χ3v) is 4.18. The van der Waals surface area contributed by atoms with Gasteiger partial charge in [0, 0.05) is 11.6 Å². The van der Waals surface area contributed by atoms with Crippen LogP contribution in [0.15, 0.2) is 42.5 Å². The number of ether oxygens (including phenoxy) is 2. The van der Waals surface area contributed by atoms with Gasteiger partial charge in [-0.2, -0.15) is 0 Å². The molecule has 0 heterocycles. The van der Waals surface area contributed by atoms with Crippen molar-refractivity contribution >= 4 is 17.5 Å². The van der Waals surface area contributed by atoms with E-state index in [0.717, 1.165) is 11.1 Å². The van der Waals surface area contributed by atoms with Gasteiger partial charge < -0.3 is 19.9 Å². The van der Waals surface area contributed by atoms with E-state index in [1.54, 1.807) is 25.1 Å². The molecule has 0 saturated carbocycles. The van der Waals surface area contributed by atoms with E-state index in [1.165, 1.54) is 0 Å². The van der Waals surface area contributed by atoms with E-state index in [1.807, 2.05) is 38.1 Å². The molecule has 26 heavy (non-hydrogen) atoms. The van der Waals surface area contributed by atoms with Crippen LogP contribution in [0.3, 0.4) is 0 Å². The van der Waals surface area contributed by atoms with Crippen LogP contribution in [0.5, 0.6) is 11.5 Å². The number of nitrogens with one attached hydrogen (secondary N) is 1. The summed E-state index contributed by atoms with van der Waals surface area (Å²) < 4.78 is 11.1. The molecule has 0 spiro atoms. The van der Waals surface area contributed by atoms with Gasteiger partial charge in [0.25, 0.3) is 5.91 Å². The van der Waals surface area contributed by atoms with E-state index in [4.69, 9.17) is 21.1 Å². The molecule has 0 bridgehead atoms. The zero-order chi connectivity index (χ0) is 19.1. The number of rotatable bonds is 8. The molecule has 2 rings (SSSR count). The Morgan fingerprint density at radius 3 is 2.65 bits per heavy atom. The van der Waals surface area contributed by atoms with Crippen LogP contribution in [0.1, 0.15) is 18.1 Å². The Bertz CT molecular complexity index is 750. The quantitative estimate of drug-likeness (QED) is 0.740. The van der Waals surface area contributed by atoms with Crippen LogP contribution in [0.4, 0.5) is 0 Å². The zero-order valence-electron chi connectivity index (χ0n) is 15.2. The number of aliphatic hydroxyl groups is 1. The molecule has 140 valence electrons. The van der Waals surface area contributed by atoms with Crippen LogP contribution in [0.25, 0.3) is 0 Å². The van der Waals surface area contributed by atoms with Gasteiger partial charge in [-0.1, -0.05) is 23.7 Å². The summed E-state index contributed by atoms with van der Waals surface area (Å²) in [5.74, 6) is 0.940. The number of amides is 1. The van der Waals surface area contributed by atoms with Crippen molar-refractivity contribution in [3.8, 4) is 11.5 Å². The van der Waals surface area contributed by atoms with Crippen molar-refractivity contribution in [2.24, 2.45) is 0 Å². The Morgan fingerprint density at radius 2 is 1.96 bits per heavy atom. The van der Waals surface area contributed by atoms with Gasteiger partial charge in [0.05, 0.1) is 0 Å². The maximum Gasteiger partial charge on any atom is 0.260 e. The summed E-state index contributed by atoms with van der Waals surface area (Å²) in [5, 5.41) is 13.3. The molecule has 2 unspecified atom stereocenters. The van der Waals surface area contributed by atoms with Crippen molar-refractivity contribution in [2.45, 2.75) is 33.0 Å². The summed E-state index contributed by atoms with van der Waals surface area (Å²) >= 11 is 5.97. The highest BCUT2D eigenvalue weighted by Gasteiger charge is 2.16. The molecule has 2 aromatic carbocycles. The molecule has 0 fully saturated rings. The molecule has 0 radical (unpaired) electrons. The van der Waals surface area contributed by atoms with Gasteiger partial charge in [-0.3, -0.25) is 4.79 Å². The van der Waals surface area contributed by atoms with E-state index in [9.17, 15) is 9.90 Å². The monoisotopic (exact) mass is 377 g/mol. The maximum absolute atomic E-state index is 12.1. The van der Waals surface area contributed by atoms with Crippen LogP contribution in [0.2, 0.25) is 5.02 Å². The molecular weight excluding hydrogens is 354 g/mol. The molecule has 0 aliphatic heterocycles. The number of benzene rings is 2. The predicted octanol–water partition coefficient (Wildman–Crippen LogP) is 3.28. The molecule has 5 nitrogen and oxygen atoms in total. The fourth-order valence-electron chi connectivity index (χ4n) is 2.27. The summed E-state index contributed by atoms with van der Waals surface area (Å²) in [5.41, 5.74) is 1.95. The van der Waals surface area contributed by atoms with Crippen molar-refractivity contribution in [3.05, 3.63) is 58.6 Å². The van der Waals surface area contributed by atoms with Crippen LogP contribution in [0, 0.1) is 13.8 Å². The maximum atomic E-state index is 12.1. The number of halogens is 1. The second kappa shape index (κ2) is 9.46. The summed E-state index contributed by atoms with van der Waals surface area (Å²) in [6.07, 6.45) is -1.51. The topological polar surface area (TPSA) is 67.8 Å². The standard InChI is InChI=1S/C20H24ClNO4/c1-13-5-4-6-17(9-13)25-12-16(23)11-22-20(24)15(3)26-18-7-8-19(21)14(2)10-18/h4-10,15-16,23H,11-12H2,1-3H3,(H,22,24). The van der Waals surface area contributed by atoms with Crippen LogP contribution in [-0.4, -0.2) is 36.4 Å². The van der Waals surface area contributed by atoms with E-state index in [2.05, 4.69) is 5.32 Å². The average Bonchev–Trinajstić information content (AvgIpc) is 2.61. The number of hydrogen-bond donors (Lipinski definition) is 2. The molecule has 0 aromatic heterocycles. The molecule has 2 aromatic rings.